The van der Waals surface area contributed by atoms with E-state index < -0.39 is 36.5 Å². The highest BCUT2D eigenvalue weighted by Gasteiger charge is 2.41. The number of carbonyl (C=O) groups is 2. The Balaban J connectivity index is 2.63. The van der Waals surface area contributed by atoms with E-state index in [0.717, 1.165) is 12.8 Å². The molecule has 1 aliphatic heterocycles. The zero-order chi connectivity index (χ0) is 17.2. The van der Waals surface area contributed by atoms with Gasteiger partial charge in [-0.25, -0.2) is 0 Å². The SMILES string of the molecule is C#CC1C[C@@H](OC(=O)CCCC)[C@H](O)[C@@H](OC(=O)CCCC)O1. The van der Waals surface area contributed by atoms with Crippen LogP contribution < -0.4 is 0 Å². The van der Waals surface area contributed by atoms with Crippen LogP contribution in [0.4, 0.5) is 0 Å². The number of carbonyl (C=O) groups excluding carboxylic acids is 2. The second-order valence-corrected chi connectivity index (χ2v) is 5.61. The number of hydrogen-bond acceptors (Lipinski definition) is 6. The maximum absolute atomic E-state index is 11.7. The highest BCUT2D eigenvalue weighted by atomic mass is 16.7. The molecule has 0 aromatic heterocycles. The summed E-state index contributed by atoms with van der Waals surface area (Å²) in [5, 5.41) is 10.2. The second kappa shape index (κ2) is 10.2. The minimum Gasteiger partial charge on any atom is -0.459 e. The predicted molar refractivity (Wildman–Crippen MR) is 83.1 cm³/mol. The minimum absolute atomic E-state index is 0.179. The van der Waals surface area contributed by atoms with Gasteiger partial charge in [-0.1, -0.05) is 32.6 Å². The Morgan fingerprint density at radius 1 is 1.17 bits per heavy atom. The van der Waals surface area contributed by atoms with Crippen LogP contribution in [0.25, 0.3) is 0 Å². The Labute approximate surface area is 137 Å². The number of terminal acetylenes is 1. The molecule has 0 amide bonds. The van der Waals surface area contributed by atoms with E-state index in [2.05, 4.69) is 5.92 Å². The number of rotatable bonds is 8. The van der Waals surface area contributed by atoms with Crippen LogP contribution in [0.15, 0.2) is 0 Å². The van der Waals surface area contributed by atoms with Crippen molar-refractivity contribution in [2.75, 3.05) is 0 Å². The molecule has 6 nitrogen and oxygen atoms in total. The van der Waals surface area contributed by atoms with Crippen LogP contribution in [-0.2, 0) is 23.8 Å². The van der Waals surface area contributed by atoms with Gasteiger partial charge in [0.15, 0.2) is 6.10 Å². The van der Waals surface area contributed by atoms with Gasteiger partial charge >= 0.3 is 11.9 Å². The Bertz CT molecular complexity index is 395. The summed E-state index contributed by atoms with van der Waals surface area (Å²) in [6.07, 6.45) is 5.23. The Hall–Kier alpha value is -1.58. The van der Waals surface area contributed by atoms with Crippen LogP contribution in [0.1, 0.15) is 58.8 Å². The normalized spacial score (nSPS) is 27.0. The third-order valence-electron chi connectivity index (χ3n) is 3.59. The third kappa shape index (κ3) is 6.59. The monoisotopic (exact) mass is 326 g/mol. The van der Waals surface area contributed by atoms with Gasteiger partial charge in [0.25, 0.3) is 0 Å². The van der Waals surface area contributed by atoms with Crippen molar-refractivity contribution in [3.63, 3.8) is 0 Å². The largest absolute Gasteiger partial charge is 0.459 e. The van der Waals surface area contributed by atoms with Gasteiger partial charge in [-0.3, -0.25) is 9.59 Å². The smallest absolute Gasteiger partial charge is 0.308 e. The van der Waals surface area contributed by atoms with Crippen molar-refractivity contribution in [2.24, 2.45) is 0 Å². The fourth-order valence-corrected chi connectivity index (χ4v) is 2.20. The van der Waals surface area contributed by atoms with Crippen LogP contribution in [0.5, 0.6) is 0 Å². The van der Waals surface area contributed by atoms with Gasteiger partial charge in [0.05, 0.1) is 0 Å². The summed E-state index contributed by atoms with van der Waals surface area (Å²) in [5.74, 6) is 1.53. The van der Waals surface area contributed by atoms with Gasteiger partial charge in [0.2, 0.25) is 6.29 Å². The van der Waals surface area contributed by atoms with Crippen molar-refractivity contribution in [3.05, 3.63) is 0 Å². The first kappa shape index (κ1) is 19.5. The predicted octanol–water partition coefficient (Wildman–Crippen LogP) is 1.93. The molecule has 4 atom stereocenters. The lowest BCUT2D eigenvalue weighted by Crippen LogP contribution is -2.51. The zero-order valence-corrected chi connectivity index (χ0v) is 13.8. The molecule has 0 bridgehead atoms. The van der Waals surface area contributed by atoms with Crippen molar-refractivity contribution in [3.8, 4) is 12.3 Å². The lowest BCUT2D eigenvalue weighted by molar-refractivity contribution is -0.253. The molecule has 1 heterocycles. The number of esters is 2. The van der Waals surface area contributed by atoms with E-state index in [1.54, 1.807) is 0 Å². The van der Waals surface area contributed by atoms with Crippen LogP contribution in [0.2, 0.25) is 0 Å². The maximum atomic E-state index is 11.7. The quantitative estimate of drug-likeness (QED) is 0.542. The summed E-state index contributed by atoms with van der Waals surface area (Å²) in [4.78, 5) is 23.5. The summed E-state index contributed by atoms with van der Waals surface area (Å²) in [6, 6.07) is 0. The number of ether oxygens (including phenoxy) is 3. The van der Waals surface area contributed by atoms with E-state index in [1.165, 1.54) is 0 Å². The Morgan fingerprint density at radius 3 is 2.26 bits per heavy atom. The average molecular weight is 326 g/mol. The molecule has 23 heavy (non-hydrogen) atoms. The molecule has 1 N–H and O–H groups in total. The standard InChI is InChI=1S/C17H26O6/c1-4-7-9-14(18)22-13-11-12(6-3)21-17(16(13)20)23-15(19)10-8-5-2/h3,12-13,16-17,20H,4-5,7-11H2,1-2H3/t12?,13-,16+,17-/m1/s1. The summed E-state index contributed by atoms with van der Waals surface area (Å²) in [5.41, 5.74) is 0. The van der Waals surface area contributed by atoms with Crippen LogP contribution >= 0.6 is 0 Å². The first-order chi connectivity index (χ1) is 11.0. The van der Waals surface area contributed by atoms with Gasteiger partial charge in [-0.05, 0) is 12.8 Å². The highest BCUT2D eigenvalue weighted by Crippen LogP contribution is 2.24. The van der Waals surface area contributed by atoms with Gasteiger partial charge in [-0.2, -0.15) is 0 Å². The van der Waals surface area contributed by atoms with Crippen molar-refractivity contribution >= 4 is 11.9 Å². The highest BCUT2D eigenvalue weighted by molar-refractivity contribution is 5.70. The molecule has 1 fully saturated rings. The summed E-state index contributed by atoms with van der Waals surface area (Å²) < 4.78 is 15.8. The summed E-state index contributed by atoms with van der Waals surface area (Å²) in [7, 11) is 0. The van der Waals surface area contributed by atoms with Gasteiger partial charge in [0.1, 0.15) is 12.2 Å². The van der Waals surface area contributed by atoms with E-state index >= 15 is 0 Å². The lowest BCUT2D eigenvalue weighted by Gasteiger charge is -2.36. The van der Waals surface area contributed by atoms with Crippen LogP contribution in [-0.4, -0.2) is 41.6 Å². The molecular formula is C17H26O6. The van der Waals surface area contributed by atoms with E-state index in [-0.39, 0.29) is 19.3 Å². The van der Waals surface area contributed by atoms with Crippen molar-refractivity contribution in [1.82, 2.24) is 0 Å². The third-order valence-corrected chi connectivity index (χ3v) is 3.59. The molecule has 0 aromatic rings. The number of unbranched alkanes of at least 4 members (excludes halogenated alkanes) is 2. The van der Waals surface area contributed by atoms with Crippen molar-refractivity contribution < 1.29 is 28.9 Å². The first-order valence-corrected chi connectivity index (χ1v) is 8.20. The molecule has 0 aromatic carbocycles. The first-order valence-electron chi connectivity index (χ1n) is 8.20. The molecule has 130 valence electrons. The fraction of sp³-hybridized carbons (Fsp3) is 0.765. The summed E-state index contributed by atoms with van der Waals surface area (Å²) in [6.45, 7) is 3.93. The number of aliphatic hydroxyl groups excluding tert-OH is 1. The Morgan fingerprint density at radius 2 is 1.74 bits per heavy atom. The van der Waals surface area contributed by atoms with Gasteiger partial charge in [0, 0.05) is 19.3 Å². The molecule has 1 unspecified atom stereocenters. The zero-order valence-electron chi connectivity index (χ0n) is 13.8. The van der Waals surface area contributed by atoms with E-state index in [4.69, 9.17) is 20.6 Å². The average Bonchev–Trinajstić information content (AvgIpc) is 2.54. The van der Waals surface area contributed by atoms with E-state index in [9.17, 15) is 14.7 Å². The second-order valence-electron chi connectivity index (χ2n) is 5.61. The lowest BCUT2D eigenvalue weighted by atomic mass is 10.0. The van der Waals surface area contributed by atoms with Crippen LogP contribution in [0, 0.1) is 12.3 Å². The van der Waals surface area contributed by atoms with Crippen molar-refractivity contribution in [1.29, 1.82) is 0 Å². The van der Waals surface area contributed by atoms with E-state index in [0.29, 0.717) is 12.8 Å². The molecule has 0 spiro atoms. The Kier molecular flexibility index (Phi) is 8.67. The molecule has 6 heteroatoms. The minimum atomic E-state index is -1.24. The molecule has 0 radical (unpaired) electrons. The van der Waals surface area contributed by atoms with Crippen LogP contribution in [0.3, 0.4) is 0 Å². The van der Waals surface area contributed by atoms with Crippen molar-refractivity contribution in [2.45, 2.75) is 83.4 Å². The maximum Gasteiger partial charge on any atom is 0.308 e. The summed E-state index contributed by atoms with van der Waals surface area (Å²) >= 11 is 0. The molecular weight excluding hydrogens is 300 g/mol. The number of aliphatic hydroxyl groups is 1. The fourth-order valence-electron chi connectivity index (χ4n) is 2.20. The molecule has 0 saturated carbocycles. The van der Waals surface area contributed by atoms with E-state index in [1.807, 2.05) is 13.8 Å². The molecule has 0 aliphatic carbocycles. The molecule has 1 aliphatic rings. The topological polar surface area (TPSA) is 82.1 Å². The van der Waals surface area contributed by atoms with Gasteiger partial charge in [-0.15, -0.1) is 6.42 Å². The van der Waals surface area contributed by atoms with Gasteiger partial charge < -0.3 is 19.3 Å². The molecule has 1 saturated heterocycles. The number of hydrogen-bond donors (Lipinski definition) is 1. The molecule has 1 rings (SSSR count).